The zero-order chi connectivity index (χ0) is 24.1. The van der Waals surface area contributed by atoms with Crippen LogP contribution in [0.15, 0.2) is 58.5 Å². The Hall–Kier alpha value is -2.97. The van der Waals surface area contributed by atoms with Crippen LogP contribution in [0.25, 0.3) is 0 Å². The molecule has 1 fully saturated rings. The van der Waals surface area contributed by atoms with E-state index >= 15 is 0 Å². The molecule has 0 atom stereocenters. The van der Waals surface area contributed by atoms with Gasteiger partial charge < -0.3 is 19.5 Å². The van der Waals surface area contributed by atoms with Crippen molar-refractivity contribution in [2.45, 2.75) is 24.3 Å². The molecule has 1 saturated heterocycles. The van der Waals surface area contributed by atoms with Crippen molar-refractivity contribution in [2.24, 2.45) is 0 Å². The van der Waals surface area contributed by atoms with Crippen LogP contribution >= 0.6 is 23.4 Å². The highest BCUT2D eigenvalue weighted by atomic mass is 35.5. The third-order valence-corrected chi connectivity index (χ3v) is 7.04. The maximum Gasteiger partial charge on any atom is 0.255 e. The second-order valence-electron chi connectivity index (χ2n) is 8.10. The van der Waals surface area contributed by atoms with E-state index in [-0.39, 0.29) is 17.9 Å². The molecule has 7 nitrogen and oxygen atoms in total. The van der Waals surface area contributed by atoms with Gasteiger partial charge in [-0.15, -0.1) is 0 Å². The lowest BCUT2D eigenvalue weighted by Crippen LogP contribution is -2.49. The van der Waals surface area contributed by atoms with Crippen LogP contribution in [0.5, 0.6) is 5.75 Å². The topological polar surface area (TPSA) is 78.5 Å². The minimum absolute atomic E-state index is 0.0515. The van der Waals surface area contributed by atoms with Crippen LogP contribution in [0.4, 0.5) is 5.69 Å². The quantitative estimate of drug-likeness (QED) is 0.393. The number of nitrogens with zero attached hydrogens (tertiary/aromatic N) is 3. The lowest BCUT2D eigenvalue weighted by Gasteiger charge is -2.36. The van der Waals surface area contributed by atoms with Gasteiger partial charge >= 0.3 is 0 Å². The number of hydrogen-bond acceptors (Lipinski definition) is 6. The summed E-state index contributed by atoms with van der Waals surface area (Å²) in [7, 11) is 1.65. The lowest BCUT2D eigenvalue weighted by molar-refractivity contribution is -0.130. The zero-order valence-electron chi connectivity index (χ0n) is 19.2. The van der Waals surface area contributed by atoms with Crippen molar-refractivity contribution in [3.05, 3.63) is 80.7 Å². The van der Waals surface area contributed by atoms with E-state index in [1.54, 1.807) is 14.0 Å². The molecular weight excluding hydrogens is 472 g/mol. The number of amides is 1. The first-order valence-corrected chi connectivity index (χ1v) is 12.4. The van der Waals surface area contributed by atoms with Crippen LogP contribution in [-0.4, -0.2) is 54.1 Å². The number of aromatic amines is 1. The number of anilines is 1. The number of carbonyl (C=O) groups excluding carboxylic acids is 1. The van der Waals surface area contributed by atoms with Crippen molar-refractivity contribution >= 4 is 35.0 Å². The summed E-state index contributed by atoms with van der Waals surface area (Å²) >= 11 is 7.47. The number of piperazine rings is 1. The van der Waals surface area contributed by atoms with Crippen molar-refractivity contribution < 1.29 is 9.53 Å². The summed E-state index contributed by atoms with van der Waals surface area (Å²) in [5.41, 5.74) is 2.91. The summed E-state index contributed by atoms with van der Waals surface area (Å²) in [6.45, 7) is 4.49. The molecule has 2 heterocycles. The first-order valence-electron chi connectivity index (χ1n) is 11.1. The molecule has 0 saturated carbocycles. The predicted molar refractivity (Wildman–Crippen MR) is 136 cm³/mol. The predicted octanol–water partition coefficient (Wildman–Crippen LogP) is 3.92. The van der Waals surface area contributed by atoms with Gasteiger partial charge in [0.05, 0.1) is 13.5 Å². The van der Waals surface area contributed by atoms with Crippen LogP contribution in [0.3, 0.4) is 0 Å². The molecule has 0 aliphatic carbocycles. The standard InChI is InChI=1S/C25H27ClN4O3S/c1-17-22(24(32)28-25(27-17)34-16-18-4-3-5-19(26)14-18)15-23(31)30-12-10-29(11-13-30)20-6-8-21(33-2)9-7-20/h3-9,14H,10-13,15-16H2,1-2H3,(H,27,28,32). The van der Waals surface area contributed by atoms with Crippen LogP contribution in [0.1, 0.15) is 16.8 Å². The van der Waals surface area contributed by atoms with E-state index in [1.165, 1.54) is 11.8 Å². The highest BCUT2D eigenvalue weighted by Gasteiger charge is 2.23. The van der Waals surface area contributed by atoms with E-state index in [0.717, 1.165) is 30.1 Å². The molecule has 178 valence electrons. The van der Waals surface area contributed by atoms with Gasteiger partial charge in [0, 0.05) is 53.9 Å². The Balaban J connectivity index is 1.34. The zero-order valence-corrected chi connectivity index (χ0v) is 20.8. The molecule has 4 rings (SSSR count). The summed E-state index contributed by atoms with van der Waals surface area (Å²) in [4.78, 5) is 37.0. The monoisotopic (exact) mass is 498 g/mol. The number of halogens is 1. The van der Waals surface area contributed by atoms with Gasteiger partial charge in [0.25, 0.3) is 5.56 Å². The summed E-state index contributed by atoms with van der Waals surface area (Å²) in [5.74, 6) is 1.41. The number of thioether (sulfide) groups is 1. The van der Waals surface area contributed by atoms with Gasteiger partial charge in [-0.1, -0.05) is 35.5 Å². The molecule has 1 N–H and O–H groups in total. The Morgan fingerprint density at radius 3 is 2.53 bits per heavy atom. The van der Waals surface area contributed by atoms with E-state index in [9.17, 15) is 9.59 Å². The third kappa shape index (κ3) is 5.93. The molecular formula is C25H27ClN4O3S. The number of H-pyrrole nitrogens is 1. The summed E-state index contributed by atoms with van der Waals surface area (Å²) in [6, 6.07) is 15.5. The number of rotatable bonds is 7. The van der Waals surface area contributed by atoms with Gasteiger partial charge in [-0.2, -0.15) is 0 Å². The molecule has 9 heteroatoms. The number of aromatic nitrogens is 2. The summed E-state index contributed by atoms with van der Waals surface area (Å²) in [5, 5.41) is 1.21. The largest absolute Gasteiger partial charge is 0.497 e. The molecule has 0 bridgehead atoms. The molecule has 1 aliphatic heterocycles. The molecule has 0 radical (unpaired) electrons. The number of carbonyl (C=O) groups is 1. The van der Waals surface area contributed by atoms with Crippen molar-refractivity contribution in [3.63, 3.8) is 0 Å². The molecule has 0 unspecified atom stereocenters. The maximum absolute atomic E-state index is 12.9. The second kappa shape index (κ2) is 11.0. The first kappa shape index (κ1) is 24.2. The minimum Gasteiger partial charge on any atom is -0.497 e. The Kier molecular flexibility index (Phi) is 7.80. The molecule has 3 aromatic rings. The minimum atomic E-state index is -0.258. The highest BCUT2D eigenvalue weighted by Crippen LogP contribution is 2.22. The van der Waals surface area contributed by atoms with Crippen molar-refractivity contribution in [1.82, 2.24) is 14.9 Å². The Morgan fingerprint density at radius 1 is 1.15 bits per heavy atom. The Morgan fingerprint density at radius 2 is 1.88 bits per heavy atom. The molecule has 1 amide bonds. The number of ether oxygens (including phenoxy) is 1. The summed E-state index contributed by atoms with van der Waals surface area (Å²) < 4.78 is 5.22. The molecule has 1 aromatic heterocycles. The van der Waals surface area contributed by atoms with Crippen LogP contribution in [0.2, 0.25) is 5.02 Å². The maximum atomic E-state index is 12.9. The Labute approximate surface area is 208 Å². The van der Waals surface area contributed by atoms with Crippen molar-refractivity contribution in [3.8, 4) is 5.75 Å². The summed E-state index contributed by atoms with van der Waals surface area (Å²) in [6.07, 6.45) is 0.0515. The molecule has 34 heavy (non-hydrogen) atoms. The Bertz CT molecular complexity index is 1210. The van der Waals surface area contributed by atoms with Gasteiger partial charge in [0.15, 0.2) is 5.16 Å². The van der Waals surface area contributed by atoms with E-state index in [0.29, 0.717) is 40.3 Å². The average Bonchev–Trinajstić information content (AvgIpc) is 2.85. The molecule has 1 aliphatic rings. The molecule has 2 aromatic carbocycles. The lowest BCUT2D eigenvalue weighted by atomic mass is 10.1. The smallest absolute Gasteiger partial charge is 0.255 e. The van der Waals surface area contributed by atoms with Crippen LogP contribution in [-0.2, 0) is 17.0 Å². The fourth-order valence-electron chi connectivity index (χ4n) is 3.91. The van der Waals surface area contributed by atoms with Gasteiger partial charge in [0.1, 0.15) is 5.75 Å². The highest BCUT2D eigenvalue weighted by molar-refractivity contribution is 7.98. The first-order chi connectivity index (χ1) is 16.4. The van der Waals surface area contributed by atoms with Gasteiger partial charge in [0.2, 0.25) is 5.91 Å². The molecule has 0 spiro atoms. The van der Waals surface area contributed by atoms with E-state index in [4.69, 9.17) is 16.3 Å². The van der Waals surface area contributed by atoms with Crippen LogP contribution < -0.4 is 15.2 Å². The number of aryl methyl sites for hydroxylation is 1. The normalized spacial score (nSPS) is 13.7. The second-order valence-corrected chi connectivity index (χ2v) is 9.50. The number of benzene rings is 2. The van der Waals surface area contributed by atoms with E-state index < -0.39 is 0 Å². The number of nitrogens with one attached hydrogen (secondary N) is 1. The fraction of sp³-hybridized carbons (Fsp3) is 0.320. The van der Waals surface area contributed by atoms with Gasteiger partial charge in [-0.3, -0.25) is 9.59 Å². The van der Waals surface area contributed by atoms with Gasteiger partial charge in [-0.05, 0) is 48.9 Å². The SMILES string of the molecule is COc1ccc(N2CCN(C(=O)Cc3c(C)nc(SCc4cccc(Cl)c4)[nH]c3=O)CC2)cc1. The average molecular weight is 499 g/mol. The fourth-order valence-corrected chi connectivity index (χ4v) is 4.97. The van der Waals surface area contributed by atoms with Crippen molar-refractivity contribution in [1.29, 1.82) is 0 Å². The number of hydrogen-bond donors (Lipinski definition) is 1. The van der Waals surface area contributed by atoms with Gasteiger partial charge in [-0.25, -0.2) is 4.98 Å². The van der Waals surface area contributed by atoms with Crippen LogP contribution in [0, 0.1) is 6.92 Å². The van der Waals surface area contributed by atoms with E-state index in [1.807, 2.05) is 53.4 Å². The van der Waals surface area contributed by atoms with Crippen molar-refractivity contribution in [2.75, 3.05) is 38.2 Å². The number of methoxy groups -OCH3 is 1. The van der Waals surface area contributed by atoms with E-state index in [2.05, 4.69) is 14.9 Å². The third-order valence-electron chi connectivity index (χ3n) is 5.86.